The number of carbonyl (C=O) groups excluding carboxylic acids is 2. The molecule has 1 rings (SSSR count). The van der Waals surface area contributed by atoms with Crippen molar-refractivity contribution < 1.29 is 19.1 Å². The number of rotatable bonds is 6. The zero-order valence-electron chi connectivity index (χ0n) is 9.86. The third kappa shape index (κ3) is 3.88. The van der Waals surface area contributed by atoms with E-state index in [0.717, 1.165) is 0 Å². The normalized spacial score (nSPS) is 9.76. The summed E-state index contributed by atoms with van der Waals surface area (Å²) >= 11 is 0. The van der Waals surface area contributed by atoms with Crippen LogP contribution in [0.2, 0.25) is 0 Å². The number of nitrogens with one attached hydrogen (secondary N) is 1. The lowest BCUT2D eigenvalue weighted by Crippen LogP contribution is -2.17. The topological polar surface area (TPSA) is 64.6 Å². The highest BCUT2D eigenvalue weighted by Gasteiger charge is 2.08. The summed E-state index contributed by atoms with van der Waals surface area (Å²) in [6, 6.07) is 4.84. The SMILES string of the molecule is CCOc1ccc(C=O)cc1NC(=O)COC. The summed E-state index contributed by atoms with van der Waals surface area (Å²) in [5, 5.41) is 2.62. The zero-order valence-corrected chi connectivity index (χ0v) is 9.86. The summed E-state index contributed by atoms with van der Waals surface area (Å²) in [7, 11) is 1.44. The molecule has 0 saturated heterocycles. The number of aldehydes is 1. The van der Waals surface area contributed by atoms with Gasteiger partial charge in [0.15, 0.2) is 0 Å². The molecule has 5 nitrogen and oxygen atoms in total. The molecule has 17 heavy (non-hydrogen) atoms. The summed E-state index contributed by atoms with van der Waals surface area (Å²) in [5.41, 5.74) is 0.944. The number of hydrogen-bond donors (Lipinski definition) is 1. The molecule has 0 saturated carbocycles. The fraction of sp³-hybridized carbons (Fsp3) is 0.333. The fourth-order valence-electron chi connectivity index (χ4n) is 1.32. The lowest BCUT2D eigenvalue weighted by molar-refractivity contribution is -0.119. The van der Waals surface area contributed by atoms with Crippen molar-refractivity contribution in [1.29, 1.82) is 0 Å². The van der Waals surface area contributed by atoms with Crippen LogP contribution < -0.4 is 10.1 Å². The van der Waals surface area contributed by atoms with Crippen molar-refractivity contribution in [1.82, 2.24) is 0 Å². The highest BCUT2D eigenvalue weighted by Crippen LogP contribution is 2.25. The van der Waals surface area contributed by atoms with E-state index >= 15 is 0 Å². The Bertz CT molecular complexity index is 403. The molecule has 5 heteroatoms. The third-order valence-corrected chi connectivity index (χ3v) is 1.99. The minimum atomic E-state index is -0.295. The highest BCUT2D eigenvalue weighted by molar-refractivity contribution is 5.94. The van der Waals surface area contributed by atoms with Crippen LogP contribution in [-0.2, 0) is 9.53 Å². The lowest BCUT2D eigenvalue weighted by atomic mass is 10.2. The molecule has 0 atom stereocenters. The van der Waals surface area contributed by atoms with E-state index in [9.17, 15) is 9.59 Å². The quantitative estimate of drug-likeness (QED) is 0.761. The van der Waals surface area contributed by atoms with E-state index in [1.165, 1.54) is 7.11 Å². The standard InChI is InChI=1S/C12H15NO4/c1-3-17-11-5-4-9(7-14)6-10(11)13-12(15)8-16-2/h4-7H,3,8H2,1-2H3,(H,13,15). The largest absolute Gasteiger partial charge is 0.492 e. The van der Waals surface area contributed by atoms with Crippen LogP contribution in [0.5, 0.6) is 5.75 Å². The Balaban J connectivity index is 2.91. The molecular weight excluding hydrogens is 222 g/mol. The van der Waals surface area contributed by atoms with E-state index in [2.05, 4.69) is 5.32 Å². The Kier molecular flexibility index (Phi) is 5.16. The van der Waals surface area contributed by atoms with Crippen LogP contribution in [0, 0.1) is 0 Å². The second-order valence-electron chi connectivity index (χ2n) is 3.29. The first-order valence-corrected chi connectivity index (χ1v) is 5.22. The molecule has 1 aromatic rings. The van der Waals surface area contributed by atoms with Gasteiger partial charge in [-0.15, -0.1) is 0 Å². The Morgan fingerprint density at radius 3 is 2.82 bits per heavy atom. The van der Waals surface area contributed by atoms with E-state index in [1.54, 1.807) is 18.2 Å². The Hall–Kier alpha value is -1.88. The minimum absolute atomic E-state index is 0.0448. The van der Waals surface area contributed by atoms with Crippen molar-refractivity contribution in [3.05, 3.63) is 23.8 Å². The van der Waals surface area contributed by atoms with E-state index in [4.69, 9.17) is 9.47 Å². The maximum atomic E-state index is 11.4. The summed E-state index contributed by atoms with van der Waals surface area (Å²) in [5.74, 6) is 0.235. The van der Waals surface area contributed by atoms with E-state index in [0.29, 0.717) is 29.9 Å². The van der Waals surface area contributed by atoms with Gasteiger partial charge in [-0.3, -0.25) is 9.59 Å². The molecule has 0 fully saturated rings. The molecule has 0 aromatic heterocycles. The van der Waals surface area contributed by atoms with Crippen molar-refractivity contribution in [3.63, 3.8) is 0 Å². The van der Waals surface area contributed by atoms with E-state index in [-0.39, 0.29) is 12.5 Å². The minimum Gasteiger partial charge on any atom is -0.492 e. The smallest absolute Gasteiger partial charge is 0.250 e. The molecule has 92 valence electrons. The van der Waals surface area contributed by atoms with Gasteiger partial charge in [-0.1, -0.05) is 0 Å². The van der Waals surface area contributed by atoms with Crippen molar-refractivity contribution in [3.8, 4) is 5.75 Å². The summed E-state index contributed by atoms with van der Waals surface area (Å²) in [4.78, 5) is 22.0. The maximum absolute atomic E-state index is 11.4. The van der Waals surface area contributed by atoms with Crippen LogP contribution in [0.25, 0.3) is 0 Å². The molecule has 0 aliphatic rings. The number of carbonyl (C=O) groups is 2. The summed E-state index contributed by atoms with van der Waals surface area (Å²) in [6.07, 6.45) is 0.710. The summed E-state index contributed by atoms with van der Waals surface area (Å²) in [6.45, 7) is 2.28. The second kappa shape index (κ2) is 6.65. The fourth-order valence-corrected chi connectivity index (χ4v) is 1.32. The Morgan fingerprint density at radius 2 is 2.24 bits per heavy atom. The van der Waals surface area contributed by atoms with Crippen molar-refractivity contribution >= 4 is 17.9 Å². The molecular formula is C12H15NO4. The Labute approximate surface area is 99.7 Å². The third-order valence-electron chi connectivity index (χ3n) is 1.99. The van der Waals surface area contributed by atoms with Gasteiger partial charge < -0.3 is 14.8 Å². The van der Waals surface area contributed by atoms with Crippen LogP contribution in [0.1, 0.15) is 17.3 Å². The molecule has 0 aliphatic carbocycles. The molecule has 0 radical (unpaired) electrons. The average Bonchev–Trinajstić information content (AvgIpc) is 2.32. The highest BCUT2D eigenvalue weighted by atomic mass is 16.5. The van der Waals surface area contributed by atoms with Crippen molar-refractivity contribution in [2.45, 2.75) is 6.92 Å². The van der Waals surface area contributed by atoms with Gasteiger partial charge in [0.1, 0.15) is 18.6 Å². The van der Waals surface area contributed by atoms with Crippen molar-refractivity contribution in [2.24, 2.45) is 0 Å². The van der Waals surface area contributed by atoms with Crippen LogP contribution in [0.4, 0.5) is 5.69 Å². The molecule has 0 bridgehead atoms. The van der Waals surface area contributed by atoms with Crippen molar-refractivity contribution in [2.75, 3.05) is 25.6 Å². The molecule has 0 unspecified atom stereocenters. The van der Waals surface area contributed by atoms with Crippen LogP contribution in [0.15, 0.2) is 18.2 Å². The van der Waals surface area contributed by atoms with E-state index in [1.807, 2.05) is 6.92 Å². The predicted molar refractivity (Wildman–Crippen MR) is 63.5 cm³/mol. The molecule has 0 aliphatic heterocycles. The van der Waals surface area contributed by atoms with Gasteiger partial charge >= 0.3 is 0 Å². The molecule has 1 amide bonds. The molecule has 1 N–H and O–H groups in total. The first-order valence-electron chi connectivity index (χ1n) is 5.22. The zero-order chi connectivity index (χ0) is 12.7. The van der Waals surface area contributed by atoms with Crippen LogP contribution in [0.3, 0.4) is 0 Å². The monoisotopic (exact) mass is 237 g/mol. The molecule has 1 aromatic carbocycles. The number of ether oxygens (including phenoxy) is 2. The van der Waals surface area contributed by atoms with Crippen LogP contribution >= 0.6 is 0 Å². The van der Waals surface area contributed by atoms with Gasteiger partial charge in [0, 0.05) is 12.7 Å². The first kappa shape index (κ1) is 13.2. The van der Waals surface area contributed by atoms with Gasteiger partial charge in [0.25, 0.3) is 0 Å². The van der Waals surface area contributed by atoms with Gasteiger partial charge in [-0.2, -0.15) is 0 Å². The van der Waals surface area contributed by atoms with Crippen LogP contribution in [-0.4, -0.2) is 32.5 Å². The van der Waals surface area contributed by atoms with Gasteiger partial charge in [0.2, 0.25) is 5.91 Å². The summed E-state index contributed by atoms with van der Waals surface area (Å²) < 4.78 is 10.1. The van der Waals surface area contributed by atoms with Gasteiger partial charge in [-0.25, -0.2) is 0 Å². The lowest BCUT2D eigenvalue weighted by Gasteiger charge is -2.11. The molecule has 0 heterocycles. The number of benzene rings is 1. The second-order valence-corrected chi connectivity index (χ2v) is 3.29. The Morgan fingerprint density at radius 1 is 1.47 bits per heavy atom. The average molecular weight is 237 g/mol. The molecule has 0 spiro atoms. The number of anilines is 1. The van der Waals surface area contributed by atoms with Gasteiger partial charge in [0.05, 0.1) is 12.3 Å². The maximum Gasteiger partial charge on any atom is 0.250 e. The number of hydrogen-bond acceptors (Lipinski definition) is 4. The van der Waals surface area contributed by atoms with Gasteiger partial charge in [-0.05, 0) is 25.1 Å². The predicted octanol–water partition coefficient (Wildman–Crippen LogP) is 1.48. The number of amides is 1. The number of methoxy groups -OCH3 is 1. The first-order chi connectivity index (χ1) is 8.21. The van der Waals surface area contributed by atoms with E-state index < -0.39 is 0 Å².